The molecule has 0 amide bonds. The molecule has 1 saturated heterocycles. The van der Waals surface area contributed by atoms with Gasteiger partial charge in [0.25, 0.3) is 0 Å². The van der Waals surface area contributed by atoms with Crippen LogP contribution in [-0.4, -0.2) is 42.5 Å². The van der Waals surface area contributed by atoms with Gasteiger partial charge in [0.15, 0.2) is 0 Å². The van der Waals surface area contributed by atoms with Crippen molar-refractivity contribution in [2.75, 3.05) is 26.7 Å². The zero-order valence-electron chi connectivity index (χ0n) is 10.6. The van der Waals surface area contributed by atoms with E-state index in [1.165, 1.54) is 5.56 Å². The van der Waals surface area contributed by atoms with Crippen LogP contribution >= 0.6 is 11.6 Å². The van der Waals surface area contributed by atoms with E-state index in [0.717, 1.165) is 31.1 Å². The van der Waals surface area contributed by atoms with Gasteiger partial charge in [-0.15, -0.1) is 0 Å². The van der Waals surface area contributed by atoms with Crippen LogP contribution < -0.4 is 0 Å². The van der Waals surface area contributed by atoms with E-state index in [0.29, 0.717) is 12.6 Å². The second-order valence-corrected chi connectivity index (χ2v) is 5.32. The van der Waals surface area contributed by atoms with Crippen LogP contribution in [-0.2, 0) is 6.54 Å². The number of hydrogen-bond donors (Lipinski definition) is 0. The van der Waals surface area contributed by atoms with Crippen molar-refractivity contribution < 1.29 is 0 Å². The third-order valence-corrected chi connectivity index (χ3v) is 3.72. The minimum atomic E-state index is 0.504. The molecule has 1 aliphatic heterocycles. The number of halogens is 1. The summed E-state index contributed by atoms with van der Waals surface area (Å²) in [5, 5.41) is 9.50. The highest BCUT2D eigenvalue weighted by Gasteiger charge is 2.25. The normalized spacial score (nSPS) is 20.2. The largest absolute Gasteiger partial charge is 0.297 e. The molecule has 1 fully saturated rings. The van der Waals surface area contributed by atoms with Crippen molar-refractivity contribution >= 4 is 11.6 Å². The lowest BCUT2D eigenvalue weighted by Gasteiger charge is -2.22. The van der Waals surface area contributed by atoms with Gasteiger partial charge >= 0.3 is 0 Å². The van der Waals surface area contributed by atoms with Gasteiger partial charge in [-0.2, -0.15) is 5.26 Å². The minimum absolute atomic E-state index is 0.504. The molecule has 0 bridgehead atoms. The highest BCUT2D eigenvalue weighted by Crippen LogP contribution is 2.18. The van der Waals surface area contributed by atoms with E-state index in [1.54, 1.807) is 0 Å². The summed E-state index contributed by atoms with van der Waals surface area (Å²) in [5.74, 6) is 0. The van der Waals surface area contributed by atoms with Gasteiger partial charge in [0.1, 0.15) is 0 Å². The molecule has 0 saturated carbocycles. The molecular formula is C14H18ClN3. The molecule has 1 aliphatic rings. The molecule has 0 radical (unpaired) electrons. The number of hydrogen-bond acceptors (Lipinski definition) is 3. The van der Waals surface area contributed by atoms with Crippen molar-refractivity contribution in [2.45, 2.75) is 19.0 Å². The predicted octanol–water partition coefficient (Wildman–Crippen LogP) is 2.37. The lowest BCUT2D eigenvalue weighted by atomic mass is 10.2. The van der Waals surface area contributed by atoms with Gasteiger partial charge in [0.05, 0.1) is 12.6 Å². The van der Waals surface area contributed by atoms with Gasteiger partial charge in [0.2, 0.25) is 0 Å². The van der Waals surface area contributed by atoms with E-state index >= 15 is 0 Å². The molecule has 0 aromatic heterocycles. The fraction of sp³-hybridized carbons (Fsp3) is 0.500. The lowest BCUT2D eigenvalue weighted by molar-refractivity contribution is 0.249. The molecule has 1 aromatic rings. The van der Waals surface area contributed by atoms with Crippen molar-refractivity contribution in [2.24, 2.45) is 0 Å². The number of likely N-dealkylation sites (tertiary alicyclic amines) is 1. The first-order valence-corrected chi connectivity index (χ1v) is 6.61. The number of benzene rings is 1. The monoisotopic (exact) mass is 263 g/mol. The second-order valence-electron chi connectivity index (χ2n) is 4.88. The molecule has 2 rings (SSSR count). The van der Waals surface area contributed by atoms with Gasteiger partial charge in [0, 0.05) is 30.7 Å². The van der Waals surface area contributed by atoms with E-state index in [4.69, 9.17) is 16.9 Å². The Kier molecular flexibility index (Phi) is 4.60. The molecule has 3 nitrogen and oxygen atoms in total. The van der Waals surface area contributed by atoms with Gasteiger partial charge in [-0.3, -0.25) is 9.80 Å². The Balaban J connectivity index is 1.88. The van der Waals surface area contributed by atoms with E-state index in [-0.39, 0.29) is 0 Å². The first-order chi connectivity index (χ1) is 8.69. The fourth-order valence-electron chi connectivity index (χ4n) is 2.45. The summed E-state index contributed by atoms with van der Waals surface area (Å²) < 4.78 is 0. The summed E-state index contributed by atoms with van der Waals surface area (Å²) in [4.78, 5) is 4.56. The standard InChI is InChI=1S/C14H18ClN3/c1-17(8-6-16)14-5-7-18(11-14)10-12-3-2-4-13(15)9-12/h2-4,9,14H,5,7-8,10-11H2,1H3. The van der Waals surface area contributed by atoms with Crippen molar-refractivity contribution in [1.29, 1.82) is 5.26 Å². The number of likely N-dealkylation sites (N-methyl/N-ethyl adjacent to an activating group) is 1. The van der Waals surface area contributed by atoms with Crippen LogP contribution in [0, 0.1) is 11.3 Å². The molecule has 1 unspecified atom stereocenters. The molecule has 0 spiro atoms. The van der Waals surface area contributed by atoms with Crippen LogP contribution in [0.2, 0.25) is 5.02 Å². The summed E-state index contributed by atoms with van der Waals surface area (Å²) in [5.41, 5.74) is 1.26. The summed E-state index contributed by atoms with van der Waals surface area (Å²) in [6.45, 7) is 3.57. The zero-order chi connectivity index (χ0) is 13.0. The first-order valence-electron chi connectivity index (χ1n) is 6.23. The Hall–Kier alpha value is -1.08. The van der Waals surface area contributed by atoms with E-state index in [2.05, 4.69) is 21.9 Å². The van der Waals surface area contributed by atoms with Gasteiger partial charge in [-0.05, 0) is 31.2 Å². The SMILES string of the molecule is CN(CC#N)C1CCN(Cc2cccc(Cl)c2)C1. The third kappa shape index (κ3) is 3.46. The van der Waals surface area contributed by atoms with Crippen molar-refractivity contribution in [3.05, 3.63) is 34.9 Å². The lowest BCUT2D eigenvalue weighted by Crippen LogP contribution is -2.34. The topological polar surface area (TPSA) is 30.3 Å². The summed E-state index contributed by atoms with van der Waals surface area (Å²) in [6.07, 6.45) is 1.14. The van der Waals surface area contributed by atoms with Crippen LogP contribution in [0.3, 0.4) is 0 Å². The quantitative estimate of drug-likeness (QED) is 0.782. The molecule has 18 heavy (non-hydrogen) atoms. The summed E-state index contributed by atoms with van der Waals surface area (Å²) in [6, 6.07) is 10.7. The van der Waals surface area contributed by atoms with E-state index in [1.807, 2.05) is 25.2 Å². The molecule has 1 heterocycles. The van der Waals surface area contributed by atoms with Crippen LogP contribution in [0.1, 0.15) is 12.0 Å². The average Bonchev–Trinajstić information content (AvgIpc) is 2.78. The van der Waals surface area contributed by atoms with Crippen molar-refractivity contribution in [1.82, 2.24) is 9.80 Å². The van der Waals surface area contributed by atoms with Gasteiger partial charge in [-0.25, -0.2) is 0 Å². The summed E-state index contributed by atoms with van der Waals surface area (Å²) in [7, 11) is 2.02. The Morgan fingerprint density at radius 3 is 3.11 bits per heavy atom. The molecule has 0 aliphatic carbocycles. The van der Waals surface area contributed by atoms with Crippen molar-refractivity contribution in [3.8, 4) is 6.07 Å². The minimum Gasteiger partial charge on any atom is -0.297 e. The van der Waals surface area contributed by atoms with Gasteiger partial charge < -0.3 is 0 Å². The van der Waals surface area contributed by atoms with E-state index in [9.17, 15) is 0 Å². The Bertz CT molecular complexity index is 441. The Morgan fingerprint density at radius 2 is 2.39 bits per heavy atom. The molecule has 0 N–H and O–H groups in total. The molecule has 1 aromatic carbocycles. The Labute approximate surface area is 114 Å². The van der Waals surface area contributed by atoms with Crippen LogP contribution in [0.25, 0.3) is 0 Å². The smallest absolute Gasteiger partial charge is 0.0866 e. The maximum Gasteiger partial charge on any atom is 0.0866 e. The molecular weight excluding hydrogens is 246 g/mol. The maximum atomic E-state index is 8.71. The highest BCUT2D eigenvalue weighted by molar-refractivity contribution is 6.30. The zero-order valence-corrected chi connectivity index (χ0v) is 11.4. The van der Waals surface area contributed by atoms with E-state index < -0.39 is 0 Å². The maximum absolute atomic E-state index is 8.71. The number of nitriles is 1. The van der Waals surface area contributed by atoms with Gasteiger partial charge in [-0.1, -0.05) is 23.7 Å². The third-order valence-electron chi connectivity index (χ3n) is 3.49. The first kappa shape index (κ1) is 13.4. The molecule has 4 heteroatoms. The second kappa shape index (κ2) is 6.19. The predicted molar refractivity (Wildman–Crippen MR) is 73.4 cm³/mol. The van der Waals surface area contributed by atoms with Crippen molar-refractivity contribution in [3.63, 3.8) is 0 Å². The van der Waals surface area contributed by atoms with Crippen LogP contribution in [0.4, 0.5) is 0 Å². The summed E-state index contributed by atoms with van der Waals surface area (Å²) >= 11 is 5.99. The number of rotatable bonds is 4. The Morgan fingerprint density at radius 1 is 1.56 bits per heavy atom. The number of nitrogens with zero attached hydrogens (tertiary/aromatic N) is 3. The van der Waals surface area contributed by atoms with Crippen LogP contribution in [0.15, 0.2) is 24.3 Å². The molecule has 1 atom stereocenters. The van der Waals surface area contributed by atoms with Crippen LogP contribution in [0.5, 0.6) is 0 Å². The highest BCUT2D eigenvalue weighted by atomic mass is 35.5. The molecule has 96 valence electrons. The average molecular weight is 264 g/mol. The fourth-order valence-corrected chi connectivity index (χ4v) is 2.66.